The van der Waals surface area contributed by atoms with Gasteiger partial charge in [0, 0.05) is 0 Å². The minimum Gasteiger partial charge on any atom is -0.481 e. The second kappa shape index (κ2) is 3.81. The monoisotopic (exact) mass is 218 g/mol. The van der Waals surface area contributed by atoms with E-state index < -0.39 is 17.9 Å². The van der Waals surface area contributed by atoms with Crippen LogP contribution >= 0.6 is 0 Å². The van der Waals surface area contributed by atoms with Crippen molar-refractivity contribution in [3.8, 4) is 0 Å². The van der Waals surface area contributed by atoms with E-state index in [2.05, 4.69) is 0 Å². The molecule has 0 spiro atoms. The molecule has 0 aliphatic heterocycles. The minimum atomic E-state index is -1.16. The average Bonchev–Trinajstić information content (AvgIpc) is 2.27. The first kappa shape index (κ1) is 10.4. The van der Waals surface area contributed by atoms with Crippen molar-refractivity contribution in [3.63, 3.8) is 0 Å². The summed E-state index contributed by atoms with van der Waals surface area (Å²) in [5, 5.41) is 17.9. The van der Waals surface area contributed by atoms with Crippen LogP contribution < -0.4 is 0 Å². The lowest BCUT2D eigenvalue weighted by atomic mass is 9.83. The van der Waals surface area contributed by atoms with Gasteiger partial charge in [-0.25, -0.2) is 4.79 Å². The van der Waals surface area contributed by atoms with E-state index in [0.29, 0.717) is 0 Å². The van der Waals surface area contributed by atoms with Crippen LogP contribution in [0.15, 0.2) is 29.8 Å². The molecule has 0 amide bonds. The molecule has 2 N–H and O–H groups in total. The Balaban J connectivity index is 2.51. The summed E-state index contributed by atoms with van der Waals surface area (Å²) in [5.41, 5.74) is 1.61. The highest BCUT2D eigenvalue weighted by atomic mass is 16.4. The molecule has 0 saturated heterocycles. The van der Waals surface area contributed by atoms with Crippen LogP contribution in [0, 0.1) is 5.92 Å². The van der Waals surface area contributed by atoms with E-state index >= 15 is 0 Å². The molecular formula is C12H10O4. The first-order valence-corrected chi connectivity index (χ1v) is 4.85. The first-order valence-electron chi connectivity index (χ1n) is 4.85. The summed E-state index contributed by atoms with van der Waals surface area (Å²) in [6.07, 6.45) is 1.68. The number of fused-ring (bicyclic) bond motifs is 1. The van der Waals surface area contributed by atoms with Crippen molar-refractivity contribution in [2.24, 2.45) is 5.92 Å². The molecule has 2 rings (SSSR count). The van der Waals surface area contributed by atoms with Gasteiger partial charge in [0.25, 0.3) is 0 Å². The van der Waals surface area contributed by atoms with Crippen LogP contribution in [0.1, 0.15) is 11.1 Å². The van der Waals surface area contributed by atoms with Gasteiger partial charge in [0.05, 0.1) is 11.5 Å². The average molecular weight is 218 g/mol. The zero-order chi connectivity index (χ0) is 11.7. The van der Waals surface area contributed by atoms with Crippen LogP contribution in [-0.2, 0) is 16.0 Å². The van der Waals surface area contributed by atoms with Crippen molar-refractivity contribution in [1.29, 1.82) is 0 Å². The molecule has 1 aliphatic rings. The van der Waals surface area contributed by atoms with Crippen molar-refractivity contribution >= 4 is 18.0 Å². The van der Waals surface area contributed by atoms with E-state index in [4.69, 9.17) is 10.2 Å². The van der Waals surface area contributed by atoms with Gasteiger partial charge in [-0.15, -0.1) is 0 Å². The Morgan fingerprint density at radius 3 is 2.50 bits per heavy atom. The van der Waals surface area contributed by atoms with E-state index in [1.54, 1.807) is 12.1 Å². The summed E-state index contributed by atoms with van der Waals surface area (Å²) in [6.45, 7) is 0. The quantitative estimate of drug-likeness (QED) is 0.787. The number of benzene rings is 1. The van der Waals surface area contributed by atoms with Crippen LogP contribution in [0.3, 0.4) is 0 Å². The topological polar surface area (TPSA) is 74.6 Å². The molecule has 4 heteroatoms. The van der Waals surface area contributed by atoms with E-state index in [1.165, 1.54) is 6.08 Å². The number of carbonyl (C=O) groups is 2. The molecule has 0 bridgehead atoms. The highest BCUT2D eigenvalue weighted by Crippen LogP contribution is 2.28. The Morgan fingerprint density at radius 1 is 1.19 bits per heavy atom. The van der Waals surface area contributed by atoms with Crippen molar-refractivity contribution in [2.45, 2.75) is 6.42 Å². The number of carboxylic acids is 2. The zero-order valence-corrected chi connectivity index (χ0v) is 8.38. The van der Waals surface area contributed by atoms with E-state index in [0.717, 1.165) is 11.1 Å². The third kappa shape index (κ3) is 1.69. The lowest BCUT2D eigenvalue weighted by molar-refractivity contribution is -0.143. The summed E-state index contributed by atoms with van der Waals surface area (Å²) >= 11 is 0. The van der Waals surface area contributed by atoms with Crippen LogP contribution in [0.2, 0.25) is 0 Å². The van der Waals surface area contributed by atoms with Gasteiger partial charge in [0.15, 0.2) is 0 Å². The number of hydrogen-bond acceptors (Lipinski definition) is 2. The summed E-state index contributed by atoms with van der Waals surface area (Å²) in [7, 11) is 0. The Morgan fingerprint density at radius 2 is 1.88 bits per heavy atom. The summed E-state index contributed by atoms with van der Waals surface area (Å²) in [6, 6.07) is 7.23. The summed E-state index contributed by atoms with van der Waals surface area (Å²) in [5.74, 6) is -3.21. The fourth-order valence-electron chi connectivity index (χ4n) is 1.89. The number of rotatable bonds is 2. The molecule has 1 atom stereocenters. The van der Waals surface area contributed by atoms with Crippen molar-refractivity contribution in [1.82, 2.24) is 0 Å². The second-order valence-electron chi connectivity index (χ2n) is 3.70. The molecule has 1 aromatic carbocycles. The third-order valence-electron chi connectivity index (χ3n) is 2.71. The summed E-state index contributed by atoms with van der Waals surface area (Å²) < 4.78 is 0. The van der Waals surface area contributed by atoms with Gasteiger partial charge in [-0.3, -0.25) is 4.79 Å². The fraction of sp³-hybridized carbons (Fsp3) is 0.167. The van der Waals surface area contributed by atoms with Gasteiger partial charge in [-0.05, 0) is 23.6 Å². The molecular weight excluding hydrogens is 208 g/mol. The number of carboxylic acid groups (broad SMARTS) is 2. The molecule has 0 heterocycles. The SMILES string of the molecule is O=C(O)C1=Cc2ccccc2CC1C(=O)O. The summed E-state index contributed by atoms with van der Waals surface area (Å²) in [4.78, 5) is 21.9. The Bertz CT molecular complexity index is 488. The molecule has 1 aliphatic carbocycles. The van der Waals surface area contributed by atoms with E-state index in [9.17, 15) is 9.59 Å². The number of hydrogen-bond donors (Lipinski definition) is 2. The molecule has 1 aromatic rings. The normalized spacial score (nSPS) is 18.5. The van der Waals surface area contributed by atoms with Gasteiger partial charge in [0.1, 0.15) is 0 Å². The smallest absolute Gasteiger partial charge is 0.332 e. The zero-order valence-electron chi connectivity index (χ0n) is 8.38. The molecule has 1 unspecified atom stereocenters. The van der Waals surface area contributed by atoms with Gasteiger partial charge in [0.2, 0.25) is 0 Å². The van der Waals surface area contributed by atoms with Gasteiger partial charge < -0.3 is 10.2 Å². The van der Waals surface area contributed by atoms with E-state index in [1.807, 2.05) is 12.1 Å². The molecule has 16 heavy (non-hydrogen) atoms. The van der Waals surface area contributed by atoms with Crippen molar-refractivity contribution in [2.75, 3.05) is 0 Å². The maximum Gasteiger partial charge on any atom is 0.332 e. The molecule has 0 saturated carbocycles. The van der Waals surface area contributed by atoms with Gasteiger partial charge >= 0.3 is 11.9 Å². The maximum atomic E-state index is 11.0. The lowest BCUT2D eigenvalue weighted by Gasteiger charge is -2.20. The molecule has 0 aromatic heterocycles. The van der Waals surface area contributed by atoms with Crippen molar-refractivity contribution in [3.05, 3.63) is 41.0 Å². The fourth-order valence-corrected chi connectivity index (χ4v) is 1.89. The molecule has 4 nitrogen and oxygen atoms in total. The van der Waals surface area contributed by atoms with Crippen LogP contribution in [-0.4, -0.2) is 22.2 Å². The second-order valence-corrected chi connectivity index (χ2v) is 3.70. The first-order chi connectivity index (χ1) is 7.59. The Labute approximate surface area is 91.8 Å². The minimum absolute atomic E-state index is 0.0498. The van der Waals surface area contributed by atoms with Gasteiger partial charge in [-0.2, -0.15) is 0 Å². The molecule has 0 radical (unpaired) electrons. The predicted octanol–water partition coefficient (Wildman–Crippen LogP) is 1.41. The van der Waals surface area contributed by atoms with Crippen LogP contribution in [0.5, 0.6) is 0 Å². The molecule has 0 fully saturated rings. The standard InChI is InChI=1S/C12H10O4/c13-11(14)9-5-7-3-1-2-4-8(7)6-10(9)12(15)16/h1-5,10H,6H2,(H,13,14)(H,15,16). The number of aliphatic carboxylic acids is 2. The van der Waals surface area contributed by atoms with Gasteiger partial charge in [-0.1, -0.05) is 24.3 Å². The lowest BCUT2D eigenvalue weighted by Crippen LogP contribution is -2.26. The Hall–Kier alpha value is -2.10. The highest BCUT2D eigenvalue weighted by molar-refractivity contribution is 5.99. The molecule has 82 valence electrons. The largest absolute Gasteiger partial charge is 0.481 e. The predicted molar refractivity (Wildman–Crippen MR) is 56.9 cm³/mol. The maximum absolute atomic E-state index is 11.0. The third-order valence-corrected chi connectivity index (χ3v) is 2.71. The van der Waals surface area contributed by atoms with Crippen LogP contribution in [0.25, 0.3) is 6.08 Å². The van der Waals surface area contributed by atoms with E-state index in [-0.39, 0.29) is 12.0 Å². The Kier molecular flexibility index (Phi) is 2.48. The highest BCUT2D eigenvalue weighted by Gasteiger charge is 2.31. The van der Waals surface area contributed by atoms with Crippen LogP contribution in [0.4, 0.5) is 0 Å². The van der Waals surface area contributed by atoms with Crippen molar-refractivity contribution < 1.29 is 19.8 Å².